The first-order valence-corrected chi connectivity index (χ1v) is 26.6. The average Bonchev–Trinajstić information content (AvgIpc) is 3.93. The summed E-state index contributed by atoms with van der Waals surface area (Å²) >= 11 is 16.2. The van der Waals surface area contributed by atoms with Crippen LogP contribution in [-0.2, 0) is 21.9 Å². The van der Waals surface area contributed by atoms with Crippen LogP contribution in [0.15, 0.2) is 163 Å². The van der Waals surface area contributed by atoms with Gasteiger partial charge in [-0.3, -0.25) is 9.59 Å². The van der Waals surface area contributed by atoms with Crippen LogP contribution in [0.25, 0.3) is 42.7 Å². The van der Waals surface area contributed by atoms with Gasteiger partial charge < -0.3 is 0 Å². The Labute approximate surface area is 456 Å². The number of thiophene rings is 2. The number of halogens is 8. The Morgan fingerprint density at radius 3 is 1.03 bits per heavy atom. The van der Waals surface area contributed by atoms with Crippen molar-refractivity contribution in [3.05, 3.63) is 174 Å². The summed E-state index contributed by atoms with van der Waals surface area (Å²) in [7, 11) is 0. The van der Waals surface area contributed by atoms with Gasteiger partial charge in [0.15, 0.2) is 11.6 Å². The summed E-state index contributed by atoms with van der Waals surface area (Å²) < 4.78 is 94.0. The smallest absolute Gasteiger partial charge is 0.289 e. The lowest BCUT2D eigenvalue weighted by Gasteiger charge is -2.31. The minimum absolute atomic E-state index is 0.147. The van der Waals surface area contributed by atoms with E-state index in [2.05, 4.69) is 20.5 Å². The van der Waals surface area contributed by atoms with Gasteiger partial charge in [-0.05, 0) is 116 Å². The number of rotatable bonds is 7. The molecule has 394 valence electrons. The van der Waals surface area contributed by atoms with E-state index in [4.69, 9.17) is 23.2 Å². The second-order valence-corrected chi connectivity index (χ2v) is 25.9. The SMILES string of the molecule is CC(C)(C)C1=CC(=C(/N=N/c2cc(C(F)(F)F)c(-c3cc(Cl)c(/N=N/C(=C4C=C(C(C)(C)C)C(=O)C(C(C)(C)C)=C4)c4cc5ccccc5s4)cc3C(F)(F)F)cc2Cl)c2cc3ccccc3s2)C=C(C(C)(C)C)C1=O. The summed E-state index contributed by atoms with van der Waals surface area (Å²) in [6.45, 7) is 22.8. The predicted molar refractivity (Wildman–Crippen MR) is 299 cm³/mol. The number of ketones is 2. The Morgan fingerprint density at radius 2 is 0.750 bits per heavy atom. The van der Waals surface area contributed by atoms with Crippen LogP contribution >= 0.6 is 45.9 Å². The molecule has 76 heavy (non-hydrogen) atoms. The molecular formula is C60H54Cl2F6N4O2S2. The van der Waals surface area contributed by atoms with E-state index in [1.54, 1.807) is 24.3 Å². The molecule has 0 atom stereocenters. The van der Waals surface area contributed by atoms with Gasteiger partial charge in [-0.25, -0.2) is 0 Å². The summed E-state index contributed by atoms with van der Waals surface area (Å²) in [5, 5.41) is 18.5. The average molecular weight is 1110 g/mol. The second-order valence-electron chi connectivity index (χ2n) is 22.9. The largest absolute Gasteiger partial charge is 0.417 e. The lowest BCUT2D eigenvalue weighted by Crippen LogP contribution is -2.28. The van der Waals surface area contributed by atoms with E-state index in [-0.39, 0.29) is 23.0 Å². The van der Waals surface area contributed by atoms with E-state index in [0.717, 1.165) is 32.3 Å². The highest BCUT2D eigenvalue weighted by molar-refractivity contribution is 7.20. The van der Waals surface area contributed by atoms with Crippen molar-refractivity contribution in [3.63, 3.8) is 0 Å². The van der Waals surface area contributed by atoms with Crippen molar-refractivity contribution in [2.75, 3.05) is 0 Å². The molecule has 4 aromatic carbocycles. The van der Waals surface area contributed by atoms with Crippen molar-refractivity contribution < 1.29 is 35.9 Å². The Kier molecular flexibility index (Phi) is 14.8. The van der Waals surface area contributed by atoms with E-state index < -0.39 is 77.7 Å². The molecule has 0 aliphatic heterocycles. The molecule has 2 aliphatic carbocycles. The number of fused-ring (bicyclic) bond motifs is 2. The molecule has 8 rings (SSSR count). The van der Waals surface area contributed by atoms with Crippen LogP contribution in [0, 0.1) is 21.7 Å². The maximum absolute atomic E-state index is 15.4. The minimum atomic E-state index is -5.24. The molecule has 0 saturated heterocycles. The predicted octanol–water partition coefficient (Wildman–Crippen LogP) is 21.2. The second kappa shape index (κ2) is 20.1. The van der Waals surface area contributed by atoms with Gasteiger partial charge in [0.1, 0.15) is 22.8 Å². The van der Waals surface area contributed by atoms with Crippen molar-refractivity contribution in [1.82, 2.24) is 0 Å². The fraction of sp³-hybridized carbons (Fsp3) is 0.300. The number of carbonyl (C=O) groups is 2. The molecule has 0 radical (unpaired) electrons. The third kappa shape index (κ3) is 11.6. The van der Waals surface area contributed by atoms with E-state index >= 15 is 26.3 Å². The fourth-order valence-electron chi connectivity index (χ4n) is 8.85. The molecule has 0 fully saturated rings. The van der Waals surface area contributed by atoms with E-state index in [9.17, 15) is 9.59 Å². The maximum atomic E-state index is 15.4. The molecule has 6 aromatic rings. The molecule has 6 nitrogen and oxygen atoms in total. The molecule has 2 aromatic heterocycles. The van der Waals surface area contributed by atoms with Gasteiger partial charge >= 0.3 is 12.4 Å². The Balaban J connectivity index is 1.30. The van der Waals surface area contributed by atoms with Gasteiger partial charge in [0.2, 0.25) is 0 Å². The first-order chi connectivity index (χ1) is 35.1. The van der Waals surface area contributed by atoms with Crippen molar-refractivity contribution in [2.24, 2.45) is 42.1 Å². The first kappa shape index (κ1) is 56.2. The van der Waals surface area contributed by atoms with Crippen molar-refractivity contribution in [3.8, 4) is 11.1 Å². The molecular weight excluding hydrogens is 1060 g/mol. The third-order valence-electron chi connectivity index (χ3n) is 12.9. The zero-order valence-corrected chi connectivity index (χ0v) is 47.0. The highest BCUT2D eigenvalue weighted by Crippen LogP contribution is 2.50. The lowest BCUT2D eigenvalue weighted by atomic mass is 9.71. The molecule has 0 amide bonds. The van der Waals surface area contributed by atoms with Crippen LogP contribution in [-0.4, -0.2) is 11.6 Å². The van der Waals surface area contributed by atoms with Gasteiger partial charge in [0.05, 0.1) is 30.9 Å². The zero-order chi connectivity index (χ0) is 55.8. The summed E-state index contributed by atoms with van der Waals surface area (Å²) in [4.78, 5) is 29.1. The van der Waals surface area contributed by atoms with Gasteiger partial charge in [-0.15, -0.1) is 43.1 Å². The van der Waals surface area contributed by atoms with Crippen molar-refractivity contribution in [2.45, 2.75) is 95.4 Å². The van der Waals surface area contributed by atoms with Crippen LogP contribution < -0.4 is 0 Å². The fourth-order valence-corrected chi connectivity index (χ4v) is 11.4. The summed E-state index contributed by atoms with van der Waals surface area (Å²) in [6.07, 6.45) is -3.62. The quantitative estimate of drug-likeness (QED) is 0.118. The molecule has 0 saturated carbocycles. The number of hydrogen-bond donors (Lipinski definition) is 0. The standard InChI is InChI=1S/C60H54Cl2F6N4O2S2/c1-55(2,3)39-21-33(22-40(53(39)73)56(4,5)6)51(49-25-31-17-13-15-19-47(31)75-49)71-69-45-29-37(59(63,64)65)35(27-43(45)61)36-28-44(62)46(30-38(36)60(66,67)68)70-72-52(50-26-32-18-14-16-20-48(32)76-50)34-23-41(57(7,8)9)54(74)42(24-34)58(10,11)12/h13-30H,1-12H3/b71-69+,72-70+. The van der Waals surface area contributed by atoms with E-state index in [1.807, 2.05) is 144 Å². The molecule has 0 spiro atoms. The van der Waals surface area contributed by atoms with Crippen LogP contribution in [0.5, 0.6) is 0 Å². The van der Waals surface area contributed by atoms with Crippen LogP contribution in [0.4, 0.5) is 37.7 Å². The van der Waals surface area contributed by atoms with Crippen molar-refractivity contribution >= 4 is 100 Å². The lowest BCUT2D eigenvalue weighted by molar-refractivity contribution is -0.139. The van der Waals surface area contributed by atoms with E-state index in [0.29, 0.717) is 55.3 Å². The highest BCUT2D eigenvalue weighted by atomic mass is 35.5. The molecule has 0 unspecified atom stereocenters. The first-order valence-electron chi connectivity index (χ1n) is 24.2. The van der Waals surface area contributed by atoms with Crippen molar-refractivity contribution in [1.29, 1.82) is 0 Å². The number of benzene rings is 4. The van der Waals surface area contributed by atoms with Gasteiger partial charge in [-0.2, -0.15) is 26.3 Å². The normalized spacial score (nSPS) is 15.6. The van der Waals surface area contributed by atoms with E-state index in [1.165, 1.54) is 22.7 Å². The number of azo groups is 2. The maximum Gasteiger partial charge on any atom is 0.417 e. The van der Waals surface area contributed by atoms with Gasteiger partial charge in [-0.1, -0.05) is 143 Å². The summed E-state index contributed by atoms with van der Waals surface area (Å²) in [5.74, 6) is -0.295. The molecule has 2 heterocycles. The molecule has 0 bridgehead atoms. The van der Waals surface area contributed by atoms with Gasteiger partial charge in [0, 0.05) is 42.8 Å². The minimum Gasteiger partial charge on any atom is -0.289 e. The monoisotopic (exact) mass is 1110 g/mol. The number of nitrogens with zero attached hydrogens (tertiary/aromatic N) is 4. The van der Waals surface area contributed by atoms with Crippen LogP contribution in [0.1, 0.15) is 104 Å². The van der Waals surface area contributed by atoms with Crippen LogP contribution in [0.2, 0.25) is 10.0 Å². The Bertz CT molecular complexity index is 3290. The van der Waals surface area contributed by atoms with Gasteiger partial charge in [0.25, 0.3) is 0 Å². The number of allylic oxidation sites excluding steroid dienone is 10. The Morgan fingerprint density at radius 1 is 0.447 bits per heavy atom. The highest BCUT2D eigenvalue weighted by Gasteiger charge is 2.41. The number of carbonyl (C=O) groups excluding carboxylic acids is 2. The Hall–Kier alpha value is -6.06. The molecule has 0 N–H and O–H groups in total. The third-order valence-corrected chi connectivity index (χ3v) is 15.7. The zero-order valence-electron chi connectivity index (χ0n) is 43.8. The number of hydrogen-bond acceptors (Lipinski definition) is 8. The molecule has 2 aliphatic rings. The number of alkyl halides is 6. The van der Waals surface area contributed by atoms with Crippen LogP contribution in [0.3, 0.4) is 0 Å². The summed E-state index contributed by atoms with van der Waals surface area (Å²) in [6, 6.07) is 21.5. The molecule has 16 heteroatoms. The summed E-state index contributed by atoms with van der Waals surface area (Å²) in [5.41, 5.74) is -4.83. The number of Topliss-reactive ketones (excluding diaryl/α,β-unsaturated/α-hetero) is 2. The topological polar surface area (TPSA) is 83.6 Å².